The van der Waals surface area contributed by atoms with Gasteiger partial charge in [0, 0.05) is 12.0 Å². The maximum absolute atomic E-state index is 5.58. The summed E-state index contributed by atoms with van der Waals surface area (Å²) in [7, 11) is 6.55. The van der Waals surface area contributed by atoms with Crippen LogP contribution in [0.1, 0.15) is 16.7 Å². The predicted molar refractivity (Wildman–Crippen MR) is 86.6 cm³/mol. The van der Waals surface area contributed by atoms with Crippen molar-refractivity contribution in [1.82, 2.24) is 0 Å². The Kier molecular flexibility index (Phi) is 5.15. The first-order valence-electron chi connectivity index (χ1n) is 7.06. The molecule has 0 amide bonds. The number of benzene rings is 2. The molecule has 2 aromatic rings. The lowest BCUT2D eigenvalue weighted by atomic mass is 9.98. The van der Waals surface area contributed by atoms with Crippen LogP contribution in [0.2, 0.25) is 0 Å². The molecule has 0 saturated carbocycles. The van der Waals surface area contributed by atoms with E-state index in [0.717, 1.165) is 29.0 Å². The summed E-state index contributed by atoms with van der Waals surface area (Å²) in [4.78, 5) is 0. The second kappa shape index (κ2) is 7.07. The fourth-order valence-electron chi connectivity index (χ4n) is 2.51. The molecule has 0 fully saturated rings. The van der Waals surface area contributed by atoms with E-state index in [2.05, 4.69) is 12.1 Å². The Hall–Kier alpha value is -2.36. The minimum absolute atomic E-state index is 0.624. The molecule has 0 radical (unpaired) electrons. The average molecular weight is 302 g/mol. The van der Waals surface area contributed by atoms with E-state index in [1.165, 1.54) is 5.56 Å². The van der Waals surface area contributed by atoms with Crippen LogP contribution in [0.25, 0.3) is 0 Å². The van der Waals surface area contributed by atoms with Crippen molar-refractivity contribution < 1.29 is 18.9 Å². The van der Waals surface area contributed by atoms with E-state index in [9.17, 15) is 0 Å². The Morgan fingerprint density at radius 1 is 0.773 bits per heavy atom. The number of hydrogen-bond donors (Lipinski definition) is 0. The SMILES string of the molecule is COc1ccc(Cc2c(C)cc(OC)c(OC)c2OC)cc1. The third-order valence-corrected chi connectivity index (χ3v) is 3.70. The molecule has 0 spiro atoms. The molecule has 4 heteroatoms. The number of ether oxygens (including phenoxy) is 4. The van der Waals surface area contributed by atoms with Gasteiger partial charge < -0.3 is 18.9 Å². The van der Waals surface area contributed by atoms with Gasteiger partial charge >= 0.3 is 0 Å². The van der Waals surface area contributed by atoms with Crippen LogP contribution in [0.4, 0.5) is 0 Å². The lowest BCUT2D eigenvalue weighted by Crippen LogP contribution is -2.02. The zero-order chi connectivity index (χ0) is 16.1. The number of aryl methyl sites for hydroxylation is 1. The van der Waals surface area contributed by atoms with Crippen LogP contribution in [0, 0.1) is 6.92 Å². The zero-order valence-electron chi connectivity index (χ0n) is 13.7. The summed E-state index contributed by atoms with van der Waals surface area (Å²) in [6, 6.07) is 9.98. The summed E-state index contributed by atoms with van der Waals surface area (Å²) >= 11 is 0. The molecule has 118 valence electrons. The molecule has 0 unspecified atom stereocenters. The summed E-state index contributed by atoms with van der Waals surface area (Å²) in [5, 5.41) is 0. The Morgan fingerprint density at radius 3 is 1.91 bits per heavy atom. The zero-order valence-corrected chi connectivity index (χ0v) is 13.7. The van der Waals surface area contributed by atoms with Gasteiger partial charge in [0.2, 0.25) is 5.75 Å². The quantitative estimate of drug-likeness (QED) is 0.816. The highest BCUT2D eigenvalue weighted by Crippen LogP contribution is 2.42. The average Bonchev–Trinajstić information content (AvgIpc) is 2.56. The normalized spacial score (nSPS) is 10.2. The maximum Gasteiger partial charge on any atom is 0.203 e. The van der Waals surface area contributed by atoms with Gasteiger partial charge in [-0.2, -0.15) is 0 Å². The molecule has 0 aliphatic rings. The molecule has 0 aliphatic carbocycles. The molecule has 0 saturated heterocycles. The van der Waals surface area contributed by atoms with Crippen LogP contribution in [0.15, 0.2) is 30.3 Å². The van der Waals surface area contributed by atoms with Crippen LogP contribution >= 0.6 is 0 Å². The Morgan fingerprint density at radius 2 is 1.41 bits per heavy atom. The van der Waals surface area contributed by atoms with Gasteiger partial charge in [-0.25, -0.2) is 0 Å². The van der Waals surface area contributed by atoms with E-state index in [1.807, 2.05) is 25.1 Å². The highest BCUT2D eigenvalue weighted by atomic mass is 16.5. The monoisotopic (exact) mass is 302 g/mol. The highest BCUT2D eigenvalue weighted by molar-refractivity contribution is 5.60. The van der Waals surface area contributed by atoms with E-state index in [4.69, 9.17) is 18.9 Å². The Bertz CT molecular complexity index is 633. The second-order valence-electron chi connectivity index (χ2n) is 4.97. The van der Waals surface area contributed by atoms with Gasteiger partial charge in [-0.05, 0) is 36.2 Å². The fraction of sp³-hybridized carbons (Fsp3) is 0.333. The topological polar surface area (TPSA) is 36.9 Å². The first-order chi connectivity index (χ1) is 10.6. The second-order valence-corrected chi connectivity index (χ2v) is 4.97. The van der Waals surface area contributed by atoms with E-state index < -0.39 is 0 Å². The molecule has 0 aliphatic heterocycles. The van der Waals surface area contributed by atoms with E-state index in [0.29, 0.717) is 11.5 Å². The molecular weight excluding hydrogens is 280 g/mol. The van der Waals surface area contributed by atoms with Gasteiger partial charge in [0.1, 0.15) is 5.75 Å². The minimum Gasteiger partial charge on any atom is -0.497 e. The summed E-state index contributed by atoms with van der Waals surface area (Å²) in [6.07, 6.45) is 0.749. The molecule has 22 heavy (non-hydrogen) atoms. The first-order valence-corrected chi connectivity index (χ1v) is 7.06. The molecule has 4 nitrogen and oxygen atoms in total. The first kappa shape index (κ1) is 16.0. The van der Waals surface area contributed by atoms with Crippen molar-refractivity contribution in [3.8, 4) is 23.0 Å². The van der Waals surface area contributed by atoms with E-state index in [1.54, 1.807) is 28.4 Å². The van der Waals surface area contributed by atoms with Crippen molar-refractivity contribution in [3.63, 3.8) is 0 Å². The van der Waals surface area contributed by atoms with Crippen molar-refractivity contribution >= 4 is 0 Å². The van der Waals surface area contributed by atoms with Crippen molar-refractivity contribution in [1.29, 1.82) is 0 Å². The molecule has 0 bridgehead atoms. The fourth-order valence-corrected chi connectivity index (χ4v) is 2.51. The minimum atomic E-state index is 0.624. The third kappa shape index (κ3) is 3.11. The Balaban J connectivity index is 2.44. The van der Waals surface area contributed by atoms with Gasteiger partial charge in [0.05, 0.1) is 28.4 Å². The lowest BCUT2D eigenvalue weighted by molar-refractivity contribution is 0.322. The molecule has 2 aromatic carbocycles. The number of methoxy groups -OCH3 is 4. The third-order valence-electron chi connectivity index (χ3n) is 3.70. The van der Waals surface area contributed by atoms with Crippen molar-refractivity contribution in [3.05, 3.63) is 47.0 Å². The van der Waals surface area contributed by atoms with Crippen LogP contribution < -0.4 is 18.9 Å². The molecule has 0 aromatic heterocycles. The van der Waals surface area contributed by atoms with Gasteiger partial charge in [-0.1, -0.05) is 12.1 Å². The van der Waals surface area contributed by atoms with Crippen molar-refractivity contribution in [2.45, 2.75) is 13.3 Å². The van der Waals surface area contributed by atoms with E-state index >= 15 is 0 Å². The molecule has 0 atom stereocenters. The van der Waals surface area contributed by atoms with Gasteiger partial charge in [-0.3, -0.25) is 0 Å². The van der Waals surface area contributed by atoms with Gasteiger partial charge in [0.25, 0.3) is 0 Å². The summed E-state index contributed by atoms with van der Waals surface area (Å²) in [5.74, 6) is 2.87. The summed E-state index contributed by atoms with van der Waals surface area (Å²) in [5.41, 5.74) is 3.37. The smallest absolute Gasteiger partial charge is 0.203 e. The van der Waals surface area contributed by atoms with Crippen molar-refractivity contribution in [2.75, 3.05) is 28.4 Å². The van der Waals surface area contributed by atoms with Crippen LogP contribution in [-0.2, 0) is 6.42 Å². The largest absolute Gasteiger partial charge is 0.497 e. The molecule has 0 N–H and O–H groups in total. The van der Waals surface area contributed by atoms with Crippen molar-refractivity contribution in [2.24, 2.45) is 0 Å². The molecule has 2 rings (SSSR count). The predicted octanol–water partition coefficient (Wildman–Crippen LogP) is 3.62. The summed E-state index contributed by atoms with van der Waals surface area (Å²) < 4.78 is 21.6. The van der Waals surface area contributed by atoms with Crippen LogP contribution in [-0.4, -0.2) is 28.4 Å². The Labute approximate surface area is 131 Å². The molecular formula is C18H22O4. The van der Waals surface area contributed by atoms with Gasteiger partial charge in [-0.15, -0.1) is 0 Å². The number of rotatable bonds is 6. The maximum atomic E-state index is 5.58. The lowest BCUT2D eigenvalue weighted by Gasteiger charge is -2.18. The standard InChI is InChI=1S/C18H22O4/c1-12-10-16(20-3)18(22-5)17(21-4)15(12)11-13-6-8-14(19-2)9-7-13/h6-10H,11H2,1-5H3. The number of hydrogen-bond acceptors (Lipinski definition) is 4. The highest BCUT2D eigenvalue weighted by Gasteiger charge is 2.18. The summed E-state index contributed by atoms with van der Waals surface area (Å²) in [6.45, 7) is 2.04. The van der Waals surface area contributed by atoms with Gasteiger partial charge in [0.15, 0.2) is 11.5 Å². The van der Waals surface area contributed by atoms with E-state index in [-0.39, 0.29) is 0 Å². The molecule has 0 heterocycles. The van der Waals surface area contributed by atoms with Crippen LogP contribution in [0.5, 0.6) is 23.0 Å². The van der Waals surface area contributed by atoms with Crippen LogP contribution in [0.3, 0.4) is 0 Å².